The van der Waals surface area contributed by atoms with Crippen LogP contribution < -0.4 is 10.1 Å². The quantitative estimate of drug-likeness (QED) is 0.940. The zero-order valence-corrected chi connectivity index (χ0v) is 12.3. The Morgan fingerprint density at radius 2 is 2.35 bits per heavy atom. The number of nitrogens with one attached hydrogen (secondary N) is 1. The van der Waals surface area contributed by atoms with Gasteiger partial charge in [-0.1, -0.05) is 0 Å². The van der Waals surface area contributed by atoms with Gasteiger partial charge in [-0.15, -0.1) is 11.3 Å². The number of benzene rings is 1. The number of hydrogen-bond donors (Lipinski definition) is 1. The van der Waals surface area contributed by atoms with Crippen LogP contribution in [0.4, 0.5) is 4.39 Å². The lowest BCUT2D eigenvalue weighted by Crippen LogP contribution is -2.42. The van der Waals surface area contributed by atoms with Crippen molar-refractivity contribution in [1.29, 1.82) is 0 Å². The number of hydrogen-bond acceptors (Lipinski definition) is 4. The maximum Gasteiger partial charge on any atom is 0.123 e. The summed E-state index contributed by atoms with van der Waals surface area (Å²) in [4.78, 5) is 4.35. The molecule has 1 aliphatic rings. The molecule has 2 aromatic rings. The Kier molecular flexibility index (Phi) is 3.48. The van der Waals surface area contributed by atoms with E-state index >= 15 is 0 Å². The molecule has 0 spiro atoms. The zero-order valence-electron chi connectivity index (χ0n) is 11.5. The zero-order chi connectivity index (χ0) is 14.2. The summed E-state index contributed by atoms with van der Waals surface area (Å²) < 4.78 is 19.0. The molecule has 1 unspecified atom stereocenters. The molecule has 5 heteroatoms. The van der Waals surface area contributed by atoms with Crippen molar-refractivity contribution >= 4 is 11.3 Å². The first kappa shape index (κ1) is 13.5. The molecule has 1 aromatic carbocycles. The Balaban J connectivity index is 1.61. The first-order valence-electron chi connectivity index (χ1n) is 6.65. The van der Waals surface area contributed by atoms with E-state index in [0.29, 0.717) is 6.54 Å². The Labute approximate surface area is 121 Å². The standard InChI is InChI=1S/C15H17FN2OS/c1-15(2,14-17-5-6-20-14)18-9-12-8-10-7-11(16)3-4-13(10)19-12/h3-7,12,18H,8-9H2,1-2H3. The van der Waals surface area contributed by atoms with E-state index < -0.39 is 0 Å². The number of aromatic nitrogens is 1. The lowest BCUT2D eigenvalue weighted by Gasteiger charge is -2.25. The van der Waals surface area contributed by atoms with Crippen molar-refractivity contribution in [3.05, 3.63) is 46.2 Å². The highest BCUT2D eigenvalue weighted by molar-refractivity contribution is 7.09. The maximum atomic E-state index is 13.2. The molecule has 0 saturated heterocycles. The van der Waals surface area contributed by atoms with Crippen LogP contribution in [-0.2, 0) is 12.0 Å². The van der Waals surface area contributed by atoms with E-state index in [1.54, 1.807) is 23.5 Å². The van der Waals surface area contributed by atoms with Gasteiger partial charge in [0.25, 0.3) is 0 Å². The molecule has 106 valence electrons. The minimum atomic E-state index is -0.205. The minimum absolute atomic E-state index is 0.0473. The van der Waals surface area contributed by atoms with Crippen LogP contribution in [0.3, 0.4) is 0 Å². The van der Waals surface area contributed by atoms with Crippen molar-refractivity contribution < 1.29 is 9.13 Å². The van der Waals surface area contributed by atoms with E-state index in [4.69, 9.17) is 4.74 Å². The van der Waals surface area contributed by atoms with Crippen molar-refractivity contribution in [1.82, 2.24) is 10.3 Å². The number of thiazole rings is 1. The van der Waals surface area contributed by atoms with Gasteiger partial charge >= 0.3 is 0 Å². The van der Waals surface area contributed by atoms with Crippen LogP contribution in [0.2, 0.25) is 0 Å². The Morgan fingerprint density at radius 3 is 3.10 bits per heavy atom. The number of nitrogens with zero attached hydrogens (tertiary/aromatic N) is 1. The molecule has 20 heavy (non-hydrogen) atoms. The SMILES string of the molecule is CC(C)(NCC1Cc2cc(F)ccc2O1)c1nccs1. The van der Waals surface area contributed by atoms with Crippen molar-refractivity contribution in [2.45, 2.75) is 31.9 Å². The highest BCUT2D eigenvalue weighted by Crippen LogP contribution is 2.30. The summed E-state index contributed by atoms with van der Waals surface area (Å²) in [5, 5.41) is 6.51. The fourth-order valence-corrected chi connectivity index (χ4v) is 3.12. The average Bonchev–Trinajstić information content (AvgIpc) is 3.05. The van der Waals surface area contributed by atoms with Crippen LogP contribution in [0.25, 0.3) is 0 Å². The lowest BCUT2D eigenvalue weighted by atomic mass is 10.1. The molecule has 1 atom stereocenters. The third-order valence-electron chi connectivity index (χ3n) is 3.50. The van der Waals surface area contributed by atoms with E-state index in [1.165, 1.54) is 6.07 Å². The van der Waals surface area contributed by atoms with Gasteiger partial charge in [-0.2, -0.15) is 0 Å². The number of fused-ring (bicyclic) bond motifs is 1. The molecule has 2 heterocycles. The topological polar surface area (TPSA) is 34.1 Å². The summed E-state index contributed by atoms with van der Waals surface area (Å²) in [5.41, 5.74) is 0.765. The molecule has 0 radical (unpaired) electrons. The van der Waals surface area contributed by atoms with Gasteiger partial charge in [0.2, 0.25) is 0 Å². The van der Waals surface area contributed by atoms with Crippen molar-refractivity contribution in [3.8, 4) is 5.75 Å². The van der Waals surface area contributed by atoms with Gasteiger partial charge in [-0.3, -0.25) is 0 Å². The van der Waals surface area contributed by atoms with Crippen LogP contribution in [0.1, 0.15) is 24.4 Å². The molecule has 3 nitrogen and oxygen atoms in total. The summed E-state index contributed by atoms with van der Waals surface area (Å²) in [6.45, 7) is 4.92. The summed E-state index contributed by atoms with van der Waals surface area (Å²) in [6.07, 6.45) is 2.60. The minimum Gasteiger partial charge on any atom is -0.488 e. The van der Waals surface area contributed by atoms with Crippen LogP contribution in [-0.4, -0.2) is 17.6 Å². The van der Waals surface area contributed by atoms with Crippen LogP contribution in [0, 0.1) is 5.82 Å². The molecule has 0 saturated carbocycles. The van der Waals surface area contributed by atoms with Gasteiger partial charge in [-0.25, -0.2) is 9.37 Å². The second-order valence-corrected chi connectivity index (χ2v) is 6.43. The largest absolute Gasteiger partial charge is 0.488 e. The lowest BCUT2D eigenvalue weighted by molar-refractivity contribution is 0.209. The predicted octanol–water partition coefficient (Wildman–Crippen LogP) is 3.11. The fraction of sp³-hybridized carbons (Fsp3) is 0.400. The van der Waals surface area contributed by atoms with Gasteiger partial charge in [0.05, 0.1) is 5.54 Å². The first-order chi connectivity index (χ1) is 9.54. The maximum absolute atomic E-state index is 13.2. The molecular formula is C15H17FN2OS. The Hall–Kier alpha value is -1.46. The predicted molar refractivity (Wildman–Crippen MR) is 77.7 cm³/mol. The van der Waals surface area contributed by atoms with Gasteiger partial charge in [0.15, 0.2) is 0 Å². The Bertz CT molecular complexity index is 598. The number of ether oxygens (including phenoxy) is 1. The van der Waals surface area contributed by atoms with Gasteiger partial charge < -0.3 is 10.1 Å². The van der Waals surface area contributed by atoms with Gasteiger partial charge in [-0.05, 0) is 32.0 Å². The Morgan fingerprint density at radius 1 is 1.50 bits per heavy atom. The molecule has 0 fully saturated rings. The number of rotatable bonds is 4. The molecule has 0 amide bonds. The third kappa shape index (κ3) is 2.69. The number of halogens is 1. The summed E-state index contributed by atoms with van der Waals surface area (Å²) >= 11 is 1.64. The van der Waals surface area contributed by atoms with E-state index in [1.807, 2.05) is 11.6 Å². The van der Waals surface area contributed by atoms with Gasteiger partial charge in [0.1, 0.15) is 22.7 Å². The van der Waals surface area contributed by atoms with Crippen LogP contribution in [0.5, 0.6) is 5.75 Å². The normalized spacial score (nSPS) is 17.9. The van der Waals surface area contributed by atoms with Crippen LogP contribution >= 0.6 is 11.3 Å². The molecule has 1 aromatic heterocycles. The third-order valence-corrected chi connectivity index (χ3v) is 4.60. The molecule has 1 aliphatic heterocycles. The molecular weight excluding hydrogens is 275 g/mol. The van der Waals surface area contributed by atoms with Crippen molar-refractivity contribution in [2.24, 2.45) is 0 Å². The van der Waals surface area contributed by atoms with E-state index in [9.17, 15) is 4.39 Å². The molecule has 1 N–H and O–H groups in total. The summed E-state index contributed by atoms with van der Waals surface area (Å²) in [6, 6.07) is 4.70. The smallest absolute Gasteiger partial charge is 0.123 e. The first-order valence-corrected chi connectivity index (χ1v) is 7.53. The van der Waals surface area contributed by atoms with E-state index in [0.717, 1.165) is 22.7 Å². The van der Waals surface area contributed by atoms with Gasteiger partial charge in [0, 0.05) is 30.1 Å². The highest BCUT2D eigenvalue weighted by atomic mass is 32.1. The van der Waals surface area contributed by atoms with Crippen molar-refractivity contribution in [3.63, 3.8) is 0 Å². The van der Waals surface area contributed by atoms with E-state index in [-0.39, 0.29) is 17.5 Å². The fourth-order valence-electron chi connectivity index (χ4n) is 2.38. The highest BCUT2D eigenvalue weighted by Gasteiger charge is 2.28. The second kappa shape index (κ2) is 5.14. The molecule has 3 rings (SSSR count). The second-order valence-electron chi connectivity index (χ2n) is 5.54. The monoisotopic (exact) mass is 292 g/mol. The molecule has 0 bridgehead atoms. The summed E-state index contributed by atoms with van der Waals surface area (Å²) in [5.74, 6) is 0.592. The van der Waals surface area contributed by atoms with E-state index in [2.05, 4.69) is 24.1 Å². The molecule has 0 aliphatic carbocycles. The van der Waals surface area contributed by atoms with Crippen LogP contribution in [0.15, 0.2) is 29.8 Å². The van der Waals surface area contributed by atoms with Crippen molar-refractivity contribution in [2.75, 3.05) is 6.54 Å². The average molecular weight is 292 g/mol. The summed E-state index contributed by atoms with van der Waals surface area (Å²) in [7, 11) is 0.